The normalized spacial score (nSPS) is 22.4. The van der Waals surface area contributed by atoms with Crippen molar-refractivity contribution in [3.05, 3.63) is 83.0 Å². The van der Waals surface area contributed by atoms with Crippen molar-refractivity contribution < 1.29 is 54.4 Å². The molecule has 1 fully saturated rings. The molecule has 0 spiro atoms. The van der Waals surface area contributed by atoms with Crippen LogP contribution in [0.2, 0.25) is 0 Å². The van der Waals surface area contributed by atoms with Gasteiger partial charge in [-0.15, -0.1) is 0 Å². The number of ether oxygens (including phenoxy) is 2. The van der Waals surface area contributed by atoms with Gasteiger partial charge < -0.3 is 61.1 Å². The van der Waals surface area contributed by atoms with Crippen LogP contribution in [0.15, 0.2) is 87.0 Å². The van der Waals surface area contributed by atoms with E-state index in [0.29, 0.717) is 16.7 Å². The summed E-state index contributed by atoms with van der Waals surface area (Å²) in [5.41, 5.74) is 8.38. The smallest absolute Gasteiger partial charge is 0.335 e. The van der Waals surface area contributed by atoms with Gasteiger partial charge in [0.2, 0.25) is 12.0 Å². The highest BCUT2D eigenvalue weighted by atomic mass is 16.7. The zero-order valence-electron chi connectivity index (χ0n) is 24.7. The molecule has 4 aromatic carbocycles. The first-order valence-electron chi connectivity index (χ1n) is 14.3. The number of hydrogen-bond acceptors (Lipinski definition) is 12. The molecule has 0 bridgehead atoms. The molecule has 1 aliphatic heterocycles. The van der Waals surface area contributed by atoms with E-state index in [1.807, 2.05) is 42.5 Å². The SMILES string of the molecule is NC(N)=NC[C@]1(O)[C@H](O)[C@@H](C(=O)O)O[C@@H](Oc2cc3oc(-c4ccc(O)cc4-c4ccc5ccccc5c4)cc(=O)c3c(O)c2O)[C@@H]1O. The Hall–Kier alpha value is -5.87. The van der Waals surface area contributed by atoms with Crippen LogP contribution in [0.3, 0.4) is 0 Å². The third-order valence-corrected chi connectivity index (χ3v) is 8.11. The number of guanidine groups is 1. The maximum Gasteiger partial charge on any atom is 0.335 e. The summed E-state index contributed by atoms with van der Waals surface area (Å²) in [6, 6.07) is 19.8. The molecule has 0 radical (unpaired) electrons. The minimum Gasteiger partial charge on any atom is -0.508 e. The highest BCUT2D eigenvalue weighted by molar-refractivity contribution is 5.93. The summed E-state index contributed by atoms with van der Waals surface area (Å²) in [4.78, 5) is 28.7. The van der Waals surface area contributed by atoms with Gasteiger partial charge in [-0.05, 0) is 46.2 Å². The number of hydrogen-bond donors (Lipinski definition) is 9. The number of nitrogens with two attached hydrogens (primary N) is 2. The summed E-state index contributed by atoms with van der Waals surface area (Å²) in [7, 11) is 0. The lowest BCUT2D eigenvalue weighted by Crippen LogP contribution is -2.70. The summed E-state index contributed by atoms with van der Waals surface area (Å²) in [5.74, 6) is -4.98. The minimum atomic E-state index is -2.72. The van der Waals surface area contributed by atoms with E-state index in [1.54, 1.807) is 0 Å². The zero-order valence-corrected chi connectivity index (χ0v) is 24.7. The van der Waals surface area contributed by atoms with E-state index < -0.39 is 76.7 Å². The van der Waals surface area contributed by atoms with Gasteiger partial charge in [-0.1, -0.05) is 36.4 Å². The average Bonchev–Trinajstić information content (AvgIpc) is 3.05. The van der Waals surface area contributed by atoms with Crippen molar-refractivity contribution in [1.82, 2.24) is 0 Å². The molecule has 248 valence electrons. The molecule has 0 unspecified atom stereocenters. The number of fused-ring (bicyclic) bond motifs is 2. The Morgan fingerprint density at radius 3 is 2.33 bits per heavy atom. The molecule has 48 heavy (non-hydrogen) atoms. The molecule has 1 aliphatic rings. The Bertz CT molecular complexity index is 2160. The van der Waals surface area contributed by atoms with Crippen LogP contribution in [0.1, 0.15) is 0 Å². The molecule has 0 aliphatic carbocycles. The summed E-state index contributed by atoms with van der Waals surface area (Å²) in [6.07, 6.45) is -8.72. The highest BCUT2D eigenvalue weighted by Gasteiger charge is 2.58. The summed E-state index contributed by atoms with van der Waals surface area (Å²) in [5, 5.41) is 75.5. The quantitative estimate of drug-likeness (QED) is 0.0677. The lowest BCUT2D eigenvalue weighted by molar-refractivity contribution is -0.303. The number of nitrogens with zero attached hydrogens (tertiary/aromatic N) is 1. The van der Waals surface area contributed by atoms with Crippen molar-refractivity contribution in [2.45, 2.75) is 30.2 Å². The van der Waals surface area contributed by atoms with Crippen molar-refractivity contribution in [1.29, 1.82) is 0 Å². The van der Waals surface area contributed by atoms with Crippen LogP contribution in [0.25, 0.3) is 44.2 Å². The van der Waals surface area contributed by atoms with Crippen molar-refractivity contribution >= 4 is 33.7 Å². The number of aliphatic carboxylic acids is 1. The number of carboxylic acid groups (broad SMARTS) is 1. The second-order valence-electron chi connectivity index (χ2n) is 11.2. The Morgan fingerprint density at radius 1 is 0.896 bits per heavy atom. The van der Waals surface area contributed by atoms with E-state index in [1.165, 1.54) is 18.2 Å². The fourth-order valence-electron chi connectivity index (χ4n) is 5.62. The second kappa shape index (κ2) is 12.1. The van der Waals surface area contributed by atoms with Gasteiger partial charge in [0, 0.05) is 17.7 Å². The average molecular weight is 660 g/mol. The van der Waals surface area contributed by atoms with Crippen molar-refractivity contribution in [3.63, 3.8) is 0 Å². The number of aromatic hydroxyl groups is 3. The van der Waals surface area contributed by atoms with E-state index in [-0.39, 0.29) is 17.1 Å². The van der Waals surface area contributed by atoms with Crippen LogP contribution in [-0.4, -0.2) is 84.4 Å². The molecule has 1 aromatic heterocycles. The molecule has 0 amide bonds. The molecule has 15 nitrogen and oxygen atoms in total. The van der Waals surface area contributed by atoms with Crippen LogP contribution in [-0.2, 0) is 9.53 Å². The van der Waals surface area contributed by atoms with Gasteiger partial charge >= 0.3 is 5.97 Å². The second-order valence-corrected chi connectivity index (χ2v) is 11.2. The molecule has 6 rings (SSSR count). The first-order valence-corrected chi connectivity index (χ1v) is 14.3. The van der Waals surface area contributed by atoms with Gasteiger partial charge in [0.05, 0.1) is 6.54 Å². The van der Waals surface area contributed by atoms with Crippen LogP contribution in [0.5, 0.6) is 23.0 Å². The Labute approximate surface area is 269 Å². The molecule has 5 aromatic rings. The Balaban J connectivity index is 1.44. The Morgan fingerprint density at radius 2 is 1.62 bits per heavy atom. The van der Waals surface area contributed by atoms with Crippen LogP contribution in [0.4, 0.5) is 0 Å². The largest absolute Gasteiger partial charge is 0.508 e. The third-order valence-electron chi connectivity index (χ3n) is 8.11. The maximum absolute atomic E-state index is 13.3. The summed E-state index contributed by atoms with van der Waals surface area (Å²) in [6.45, 7) is -0.871. The number of carbonyl (C=O) groups is 1. The third kappa shape index (κ3) is 5.56. The monoisotopic (exact) mass is 659 g/mol. The Kier molecular flexibility index (Phi) is 8.06. The predicted molar refractivity (Wildman–Crippen MR) is 170 cm³/mol. The lowest BCUT2D eigenvalue weighted by atomic mass is 9.84. The molecular weight excluding hydrogens is 630 g/mol. The van der Waals surface area contributed by atoms with E-state index in [4.69, 9.17) is 25.4 Å². The van der Waals surface area contributed by atoms with E-state index in [0.717, 1.165) is 22.9 Å². The topological polar surface area (TPSA) is 272 Å². The van der Waals surface area contributed by atoms with Crippen LogP contribution < -0.4 is 21.6 Å². The number of phenols is 3. The van der Waals surface area contributed by atoms with Crippen molar-refractivity contribution in [3.8, 4) is 45.4 Å². The predicted octanol–water partition coefficient (Wildman–Crippen LogP) is 1.31. The van der Waals surface area contributed by atoms with Crippen molar-refractivity contribution in [2.24, 2.45) is 16.5 Å². The molecule has 11 N–H and O–H groups in total. The van der Waals surface area contributed by atoms with Crippen molar-refractivity contribution in [2.75, 3.05) is 6.54 Å². The summed E-state index contributed by atoms with van der Waals surface area (Å²) >= 11 is 0. The fourth-order valence-corrected chi connectivity index (χ4v) is 5.62. The van der Waals surface area contributed by atoms with Gasteiger partial charge in [0.25, 0.3) is 0 Å². The molecule has 1 saturated heterocycles. The number of rotatable bonds is 7. The number of phenolic OH excluding ortho intramolecular Hbond substituents is 3. The fraction of sp³-hybridized carbons (Fsp3) is 0.182. The first kappa shape index (κ1) is 32.1. The molecule has 2 heterocycles. The number of benzene rings is 4. The number of aliphatic imine (C=N–C) groups is 1. The summed E-state index contributed by atoms with van der Waals surface area (Å²) < 4.78 is 16.8. The van der Waals surface area contributed by atoms with Crippen LogP contribution >= 0.6 is 0 Å². The molecule has 0 saturated carbocycles. The van der Waals surface area contributed by atoms with Gasteiger partial charge in [-0.2, -0.15) is 0 Å². The lowest BCUT2D eigenvalue weighted by Gasteiger charge is -2.45. The van der Waals surface area contributed by atoms with Gasteiger partial charge in [0.15, 0.2) is 29.0 Å². The number of aliphatic hydroxyl groups excluding tert-OH is 2. The van der Waals surface area contributed by atoms with E-state index >= 15 is 0 Å². The van der Waals surface area contributed by atoms with E-state index in [9.17, 15) is 45.3 Å². The first-order chi connectivity index (χ1) is 22.8. The molecule has 5 atom stereocenters. The minimum absolute atomic E-state index is 0.00123. The van der Waals surface area contributed by atoms with Gasteiger partial charge in [-0.3, -0.25) is 9.79 Å². The molecule has 15 heteroatoms. The van der Waals surface area contributed by atoms with E-state index in [2.05, 4.69) is 4.99 Å². The maximum atomic E-state index is 13.3. The van der Waals surface area contributed by atoms with Gasteiger partial charge in [-0.25, -0.2) is 4.79 Å². The highest BCUT2D eigenvalue weighted by Crippen LogP contribution is 2.44. The number of carboxylic acids is 1. The van der Waals surface area contributed by atoms with Gasteiger partial charge in [0.1, 0.15) is 40.3 Å². The molecular formula is C33H29N3O12. The standard InChI is InChI=1S/C33H29N3O12/c34-32(35)36-13-33(45)28(41)27(30(43)44)48-31(29(33)42)47-23-12-22-24(26(40)25(23)39)20(38)11-21(46-22)18-8-7-17(37)10-19(18)16-6-5-14-3-1-2-4-15(14)9-16/h1-12,27-29,31,37,39-42,45H,13H2,(H,43,44)(H4,34,35,36)/t27-,28+,29-,31+,33-/m0/s1. The zero-order chi connectivity index (χ0) is 34.5. The van der Waals surface area contributed by atoms with Crippen LogP contribution in [0, 0.1) is 0 Å². The number of aliphatic hydroxyl groups is 3.